The van der Waals surface area contributed by atoms with E-state index in [1.807, 2.05) is 20.8 Å². The summed E-state index contributed by atoms with van der Waals surface area (Å²) < 4.78 is 10.4. The lowest BCUT2D eigenvalue weighted by atomic mass is 10.2. The lowest BCUT2D eigenvalue weighted by Gasteiger charge is -2.06. The van der Waals surface area contributed by atoms with Crippen LogP contribution >= 0.6 is 11.8 Å². The minimum atomic E-state index is 0.0145. The second-order valence-electron chi connectivity index (χ2n) is 4.66. The van der Waals surface area contributed by atoms with Crippen LogP contribution in [0.5, 0.6) is 0 Å². The number of aryl methyl sites for hydroxylation is 2. The molecule has 1 N–H and O–H groups in total. The molecular formula is C14H22N2O3S. The van der Waals surface area contributed by atoms with Crippen LogP contribution in [-0.4, -0.2) is 36.6 Å². The first-order valence-electron chi connectivity index (χ1n) is 6.49. The van der Waals surface area contributed by atoms with Crippen molar-refractivity contribution in [2.45, 2.75) is 26.5 Å². The maximum atomic E-state index is 11.6. The molecule has 0 unspecified atom stereocenters. The van der Waals surface area contributed by atoms with Crippen molar-refractivity contribution in [1.29, 1.82) is 0 Å². The number of nitrogens with zero attached hydrogens (tertiary/aromatic N) is 1. The Hall–Kier alpha value is -1.27. The normalized spacial score (nSPS) is 10.6. The summed E-state index contributed by atoms with van der Waals surface area (Å²) in [7, 11) is 0. The van der Waals surface area contributed by atoms with E-state index >= 15 is 0 Å². The Labute approximate surface area is 124 Å². The van der Waals surface area contributed by atoms with E-state index in [2.05, 4.69) is 17.1 Å². The van der Waals surface area contributed by atoms with Gasteiger partial charge in [0, 0.05) is 17.9 Å². The molecular weight excluding hydrogens is 276 g/mol. The molecule has 20 heavy (non-hydrogen) atoms. The molecule has 0 saturated heterocycles. The number of hydrogen-bond donors (Lipinski definition) is 1. The molecule has 5 nitrogen and oxygen atoms in total. The molecule has 0 saturated carbocycles. The fourth-order valence-corrected chi connectivity index (χ4v) is 2.52. The van der Waals surface area contributed by atoms with Crippen molar-refractivity contribution in [3.8, 4) is 0 Å². The number of ether oxygens (including phenoxy) is 1. The van der Waals surface area contributed by atoms with Crippen LogP contribution in [0.15, 0.2) is 16.7 Å². The third-order valence-corrected chi connectivity index (χ3v) is 3.54. The first kappa shape index (κ1) is 16.8. The van der Waals surface area contributed by atoms with Crippen LogP contribution < -0.4 is 5.32 Å². The fraction of sp³-hybridized carbons (Fsp3) is 0.571. The second-order valence-corrected chi connectivity index (χ2v) is 5.64. The number of amides is 1. The van der Waals surface area contributed by atoms with Gasteiger partial charge in [0.05, 0.1) is 24.7 Å². The molecule has 0 fully saturated rings. The Morgan fingerprint density at radius 2 is 2.25 bits per heavy atom. The van der Waals surface area contributed by atoms with Crippen molar-refractivity contribution in [2.75, 3.05) is 25.5 Å². The molecule has 1 aromatic heterocycles. The van der Waals surface area contributed by atoms with Crippen LogP contribution in [-0.2, 0) is 15.3 Å². The fourth-order valence-electron chi connectivity index (χ4n) is 1.51. The largest absolute Gasteiger partial charge is 0.375 e. The predicted molar refractivity (Wildman–Crippen MR) is 80.8 cm³/mol. The number of nitrogens with one attached hydrogen (secondary N) is 1. The van der Waals surface area contributed by atoms with E-state index in [0.717, 1.165) is 28.3 Å². The zero-order chi connectivity index (χ0) is 15.0. The van der Waals surface area contributed by atoms with Crippen molar-refractivity contribution in [3.63, 3.8) is 0 Å². The summed E-state index contributed by atoms with van der Waals surface area (Å²) in [6.07, 6.45) is 0. The summed E-state index contributed by atoms with van der Waals surface area (Å²) in [5.41, 5.74) is 2.95. The van der Waals surface area contributed by atoms with E-state index in [1.165, 1.54) is 0 Å². The first-order chi connectivity index (χ1) is 9.50. The third-order valence-electron chi connectivity index (χ3n) is 2.58. The van der Waals surface area contributed by atoms with Crippen molar-refractivity contribution < 1.29 is 14.1 Å². The molecule has 0 bridgehead atoms. The Morgan fingerprint density at radius 3 is 2.85 bits per heavy atom. The molecule has 0 aliphatic heterocycles. The van der Waals surface area contributed by atoms with Crippen LogP contribution in [0.2, 0.25) is 0 Å². The van der Waals surface area contributed by atoms with E-state index in [1.54, 1.807) is 11.8 Å². The molecule has 0 atom stereocenters. The van der Waals surface area contributed by atoms with Gasteiger partial charge in [0.25, 0.3) is 0 Å². The molecule has 1 rings (SSSR count). The van der Waals surface area contributed by atoms with Crippen LogP contribution in [0.1, 0.15) is 23.9 Å². The van der Waals surface area contributed by atoms with Gasteiger partial charge in [0.15, 0.2) is 0 Å². The molecule has 0 aliphatic rings. The van der Waals surface area contributed by atoms with Crippen LogP contribution in [0.25, 0.3) is 0 Å². The van der Waals surface area contributed by atoms with Gasteiger partial charge in [-0.1, -0.05) is 17.3 Å². The van der Waals surface area contributed by atoms with Gasteiger partial charge in [0.2, 0.25) is 5.91 Å². The van der Waals surface area contributed by atoms with Gasteiger partial charge in [-0.05, 0) is 20.8 Å². The number of rotatable bonds is 9. The minimum Gasteiger partial charge on any atom is -0.375 e. The summed E-state index contributed by atoms with van der Waals surface area (Å²) in [5.74, 6) is 2.00. The summed E-state index contributed by atoms with van der Waals surface area (Å²) in [4.78, 5) is 11.6. The van der Waals surface area contributed by atoms with Gasteiger partial charge in [-0.3, -0.25) is 4.79 Å². The molecule has 0 aromatic carbocycles. The van der Waals surface area contributed by atoms with Crippen LogP contribution in [0.4, 0.5) is 0 Å². The number of thioether (sulfide) groups is 1. The van der Waals surface area contributed by atoms with Gasteiger partial charge >= 0.3 is 0 Å². The lowest BCUT2D eigenvalue weighted by molar-refractivity contribution is -0.118. The Balaban J connectivity index is 2.10. The van der Waals surface area contributed by atoms with E-state index < -0.39 is 0 Å². The highest BCUT2D eigenvalue weighted by Crippen LogP contribution is 2.19. The van der Waals surface area contributed by atoms with Gasteiger partial charge in [-0.15, -0.1) is 11.8 Å². The van der Waals surface area contributed by atoms with Crippen LogP contribution in [0, 0.1) is 13.8 Å². The lowest BCUT2D eigenvalue weighted by Crippen LogP contribution is -2.28. The Kier molecular flexibility index (Phi) is 7.40. The zero-order valence-electron chi connectivity index (χ0n) is 12.3. The quantitative estimate of drug-likeness (QED) is 0.559. The van der Waals surface area contributed by atoms with Crippen LogP contribution in [0.3, 0.4) is 0 Å². The Morgan fingerprint density at radius 1 is 1.50 bits per heavy atom. The predicted octanol–water partition coefficient (Wildman–Crippen LogP) is 2.23. The highest BCUT2D eigenvalue weighted by molar-refractivity contribution is 7.99. The van der Waals surface area contributed by atoms with E-state index in [4.69, 9.17) is 9.26 Å². The number of aromatic nitrogens is 1. The van der Waals surface area contributed by atoms with Gasteiger partial charge in [0.1, 0.15) is 5.76 Å². The Bertz CT molecular complexity index is 438. The van der Waals surface area contributed by atoms with E-state index in [0.29, 0.717) is 25.5 Å². The molecule has 0 aliphatic carbocycles. The summed E-state index contributed by atoms with van der Waals surface area (Å²) in [5, 5.41) is 6.70. The second kappa shape index (κ2) is 8.81. The standard InChI is InChI=1S/C14H22N2O3S/c1-10(2)7-18-6-5-15-14(17)9-20-8-13-11(3)16-19-12(13)4/h1,5-9H2,2-4H3,(H,15,17). The maximum Gasteiger partial charge on any atom is 0.230 e. The number of hydrogen-bond acceptors (Lipinski definition) is 5. The SMILES string of the molecule is C=C(C)COCCNC(=O)CSCc1c(C)noc1C. The highest BCUT2D eigenvalue weighted by Gasteiger charge is 2.09. The molecule has 1 heterocycles. The molecule has 6 heteroatoms. The average Bonchev–Trinajstić information content (AvgIpc) is 2.69. The monoisotopic (exact) mass is 298 g/mol. The van der Waals surface area contributed by atoms with Gasteiger partial charge in [-0.2, -0.15) is 0 Å². The maximum absolute atomic E-state index is 11.6. The highest BCUT2D eigenvalue weighted by atomic mass is 32.2. The summed E-state index contributed by atoms with van der Waals surface area (Å²) in [6, 6.07) is 0. The average molecular weight is 298 g/mol. The number of carbonyl (C=O) groups excluding carboxylic acids is 1. The zero-order valence-corrected chi connectivity index (χ0v) is 13.1. The van der Waals surface area contributed by atoms with E-state index in [-0.39, 0.29) is 5.91 Å². The molecule has 1 amide bonds. The topological polar surface area (TPSA) is 64.4 Å². The van der Waals surface area contributed by atoms with Crippen molar-refractivity contribution in [2.24, 2.45) is 0 Å². The first-order valence-corrected chi connectivity index (χ1v) is 7.64. The summed E-state index contributed by atoms with van der Waals surface area (Å²) >= 11 is 1.55. The smallest absolute Gasteiger partial charge is 0.230 e. The van der Waals surface area contributed by atoms with Gasteiger partial charge in [-0.25, -0.2) is 0 Å². The number of carbonyl (C=O) groups is 1. The molecule has 0 spiro atoms. The van der Waals surface area contributed by atoms with Gasteiger partial charge < -0.3 is 14.6 Å². The summed E-state index contributed by atoms with van der Waals surface area (Å²) in [6.45, 7) is 11.0. The van der Waals surface area contributed by atoms with Crippen molar-refractivity contribution in [3.05, 3.63) is 29.2 Å². The minimum absolute atomic E-state index is 0.0145. The molecule has 112 valence electrons. The molecule has 0 radical (unpaired) electrons. The molecule has 1 aromatic rings. The van der Waals surface area contributed by atoms with Crippen molar-refractivity contribution in [1.82, 2.24) is 10.5 Å². The van der Waals surface area contributed by atoms with Crippen molar-refractivity contribution >= 4 is 17.7 Å². The third kappa shape index (κ3) is 6.25. The van der Waals surface area contributed by atoms with E-state index in [9.17, 15) is 4.79 Å².